The molecule has 1 aliphatic heterocycles. The van der Waals surface area contributed by atoms with Crippen LogP contribution in [0.1, 0.15) is 24.5 Å². The molecule has 0 spiro atoms. The number of hydrogen-bond donors (Lipinski definition) is 2. The number of methoxy groups -OCH3 is 1. The van der Waals surface area contributed by atoms with Crippen molar-refractivity contribution in [3.05, 3.63) is 71.3 Å². The van der Waals surface area contributed by atoms with E-state index in [-0.39, 0.29) is 13.2 Å². The number of aliphatic hydroxyl groups excluding tert-OH is 1. The lowest BCUT2D eigenvalue weighted by molar-refractivity contribution is -0.132. The highest BCUT2D eigenvalue weighted by Crippen LogP contribution is 2.34. The molecule has 3 amide bonds. The summed E-state index contributed by atoms with van der Waals surface area (Å²) in [5, 5.41) is 13.7. The molecule has 2 atom stereocenters. The minimum absolute atomic E-state index is 0.121. The van der Waals surface area contributed by atoms with Gasteiger partial charge in [-0.1, -0.05) is 42.8 Å². The fraction of sp³-hybridized carbons (Fsp3) is 0.333. The van der Waals surface area contributed by atoms with E-state index < -0.39 is 23.6 Å². The van der Waals surface area contributed by atoms with Crippen molar-refractivity contribution in [3.8, 4) is 11.5 Å². The number of nitrogens with zero attached hydrogens (tertiary/aromatic N) is 1. The van der Waals surface area contributed by atoms with Crippen molar-refractivity contribution in [2.45, 2.75) is 31.4 Å². The quantitative estimate of drug-likeness (QED) is 0.419. The maximum atomic E-state index is 13.2. The lowest BCUT2D eigenvalue weighted by Gasteiger charge is -2.26. The third-order valence-electron chi connectivity index (χ3n) is 5.46. The Morgan fingerprint density at radius 1 is 1.25 bits per heavy atom. The van der Waals surface area contributed by atoms with Crippen molar-refractivity contribution in [1.29, 1.82) is 0 Å². The minimum atomic E-state index is -1.22. The van der Waals surface area contributed by atoms with Gasteiger partial charge in [0.15, 0.2) is 11.5 Å². The Morgan fingerprint density at radius 3 is 2.69 bits per heavy atom. The molecule has 0 unspecified atom stereocenters. The number of imide groups is 1. The zero-order valence-corrected chi connectivity index (χ0v) is 18.9. The molecule has 2 N–H and O–H groups in total. The SMILES string of the molecule is C=CCc1ccc(OC[C@H](O)CN2C(=O)N[C@](CC)(c3cccc(Cl)c3)C2=O)c(OC)c1. The summed E-state index contributed by atoms with van der Waals surface area (Å²) < 4.78 is 11.0. The first-order valence-corrected chi connectivity index (χ1v) is 10.7. The highest BCUT2D eigenvalue weighted by Gasteiger charge is 2.51. The molecule has 8 heteroatoms. The average Bonchev–Trinajstić information content (AvgIpc) is 3.03. The first kappa shape index (κ1) is 23.6. The second-order valence-corrected chi connectivity index (χ2v) is 7.99. The number of β-amino-alcohol motifs (C(OH)–C–C–N with tert-alkyl or cyclic N) is 1. The van der Waals surface area contributed by atoms with Crippen LogP contribution < -0.4 is 14.8 Å². The lowest BCUT2D eigenvalue weighted by Crippen LogP contribution is -2.44. The van der Waals surface area contributed by atoms with Gasteiger partial charge in [-0.15, -0.1) is 6.58 Å². The third kappa shape index (κ3) is 4.74. The van der Waals surface area contributed by atoms with Gasteiger partial charge in [0, 0.05) is 5.02 Å². The van der Waals surface area contributed by atoms with Gasteiger partial charge in [-0.25, -0.2) is 4.79 Å². The Kier molecular flexibility index (Phi) is 7.43. The van der Waals surface area contributed by atoms with Crippen LogP contribution >= 0.6 is 11.6 Å². The van der Waals surface area contributed by atoms with E-state index in [9.17, 15) is 14.7 Å². The molecular formula is C24H27ClN2O5. The van der Waals surface area contributed by atoms with Gasteiger partial charge in [0.1, 0.15) is 18.2 Å². The number of ether oxygens (including phenoxy) is 2. The Morgan fingerprint density at radius 2 is 2.03 bits per heavy atom. The fourth-order valence-electron chi connectivity index (χ4n) is 3.76. The third-order valence-corrected chi connectivity index (χ3v) is 5.69. The average molecular weight is 459 g/mol. The molecule has 1 fully saturated rings. The highest BCUT2D eigenvalue weighted by atomic mass is 35.5. The number of allylic oxidation sites excluding steroid dienone is 1. The van der Waals surface area contributed by atoms with Crippen LogP contribution in [-0.2, 0) is 16.8 Å². The van der Waals surface area contributed by atoms with E-state index in [0.29, 0.717) is 34.9 Å². The van der Waals surface area contributed by atoms with Crippen molar-refractivity contribution >= 4 is 23.5 Å². The molecule has 2 aromatic rings. The summed E-state index contributed by atoms with van der Waals surface area (Å²) in [6.07, 6.45) is 1.73. The van der Waals surface area contributed by atoms with Crippen LogP contribution in [-0.4, -0.2) is 48.3 Å². The summed E-state index contributed by atoms with van der Waals surface area (Å²) >= 11 is 6.09. The molecular weight excluding hydrogens is 432 g/mol. The number of hydrogen-bond acceptors (Lipinski definition) is 5. The van der Waals surface area contributed by atoms with Gasteiger partial charge < -0.3 is 19.9 Å². The van der Waals surface area contributed by atoms with E-state index in [1.807, 2.05) is 19.1 Å². The molecule has 1 heterocycles. The van der Waals surface area contributed by atoms with Gasteiger partial charge in [0.25, 0.3) is 5.91 Å². The van der Waals surface area contributed by atoms with Gasteiger partial charge in [0.2, 0.25) is 0 Å². The molecule has 0 radical (unpaired) electrons. The smallest absolute Gasteiger partial charge is 0.325 e. The van der Waals surface area contributed by atoms with E-state index in [4.69, 9.17) is 21.1 Å². The van der Waals surface area contributed by atoms with Crippen LogP contribution in [0.3, 0.4) is 0 Å². The largest absolute Gasteiger partial charge is 0.493 e. The van der Waals surface area contributed by atoms with Gasteiger partial charge in [0.05, 0.1) is 13.7 Å². The van der Waals surface area contributed by atoms with Crippen LogP contribution in [0.25, 0.3) is 0 Å². The Bertz CT molecular complexity index is 1010. The Labute approximate surface area is 192 Å². The molecule has 170 valence electrons. The van der Waals surface area contributed by atoms with Gasteiger partial charge in [-0.2, -0.15) is 0 Å². The zero-order valence-electron chi connectivity index (χ0n) is 18.1. The number of benzene rings is 2. The van der Waals surface area contributed by atoms with Crippen LogP contribution in [0.2, 0.25) is 5.02 Å². The Hall–Kier alpha value is -3.03. The maximum absolute atomic E-state index is 13.2. The predicted molar refractivity (Wildman–Crippen MR) is 122 cm³/mol. The van der Waals surface area contributed by atoms with Gasteiger partial charge in [-0.05, 0) is 48.2 Å². The monoisotopic (exact) mass is 458 g/mol. The molecule has 7 nitrogen and oxygen atoms in total. The van der Waals surface area contributed by atoms with Crippen molar-refractivity contribution in [2.24, 2.45) is 0 Å². The number of halogens is 1. The molecule has 1 saturated heterocycles. The fourth-order valence-corrected chi connectivity index (χ4v) is 3.95. The van der Waals surface area contributed by atoms with Crippen molar-refractivity contribution in [1.82, 2.24) is 10.2 Å². The van der Waals surface area contributed by atoms with Crippen LogP contribution in [0.15, 0.2) is 55.1 Å². The predicted octanol–water partition coefficient (Wildman–Crippen LogP) is 3.67. The second-order valence-electron chi connectivity index (χ2n) is 7.56. The lowest BCUT2D eigenvalue weighted by atomic mass is 9.87. The van der Waals surface area contributed by atoms with Crippen molar-refractivity contribution < 1.29 is 24.2 Å². The van der Waals surface area contributed by atoms with Crippen LogP contribution in [0, 0.1) is 0 Å². The molecule has 32 heavy (non-hydrogen) atoms. The molecule has 0 bridgehead atoms. The molecule has 0 aromatic heterocycles. The van der Waals surface area contributed by atoms with Gasteiger partial charge >= 0.3 is 6.03 Å². The normalized spacial score (nSPS) is 18.9. The van der Waals surface area contributed by atoms with E-state index in [1.54, 1.807) is 36.4 Å². The zero-order chi connectivity index (χ0) is 23.3. The van der Waals surface area contributed by atoms with Crippen molar-refractivity contribution in [2.75, 3.05) is 20.3 Å². The van der Waals surface area contributed by atoms with Crippen LogP contribution in [0.4, 0.5) is 4.79 Å². The van der Waals surface area contributed by atoms with E-state index in [1.165, 1.54) is 7.11 Å². The number of rotatable bonds is 10. The summed E-state index contributed by atoms with van der Waals surface area (Å²) in [7, 11) is 1.53. The highest BCUT2D eigenvalue weighted by molar-refractivity contribution is 6.30. The second kappa shape index (κ2) is 10.1. The van der Waals surface area contributed by atoms with E-state index >= 15 is 0 Å². The Balaban J connectivity index is 1.69. The molecule has 0 saturated carbocycles. The first-order chi connectivity index (χ1) is 15.3. The molecule has 2 aromatic carbocycles. The van der Waals surface area contributed by atoms with Crippen LogP contribution in [0.5, 0.6) is 11.5 Å². The summed E-state index contributed by atoms with van der Waals surface area (Å²) in [4.78, 5) is 26.8. The van der Waals surface area contributed by atoms with Gasteiger partial charge in [-0.3, -0.25) is 9.69 Å². The molecule has 3 rings (SSSR count). The number of urea groups is 1. The summed E-state index contributed by atoms with van der Waals surface area (Å²) in [6, 6.07) is 11.7. The van der Waals surface area contributed by atoms with Crippen molar-refractivity contribution in [3.63, 3.8) is 0 Å². The molecule has 1 aliphatic rings. The van der Waals surface area contributed by atoms with E-state index in [2.05, 4.69) is 11.9 Å². The first-order valence-electron chi connectivity index (χ1n) is 10.3. The minimum Gasteiger partial charge on any atom is -0.493 e. The number of carbonyl (C=O) groups excluding carboxylic acids is 2. The number of carbonyl (C=O) groups is 2. The standard InChI is InChI=1S/C24H27ClN2O5/c1-4-7-16-10-11-20(21(12-16)31-3)32-15-19(28)14-27-22(29)24(5-2,26-23(27)30)17-8-6-9-18(25)13-17/h4,6,8-13,19,28H,1,5,7,14-15H2,2-3H3,(H,26,30)/t19-,24-/m1/s1. The summed E-state index contributed by atoms with van der Waals surface area (Å²) in [5.41, 5.74) is 0.400. The summed E-state index contributed by atoms with van der Waals surface area (Å²) in [6.45, 7) is 5.20. The maximum Gasteiger partial charge on any atom is 0.325 e. The van der Waals surface area contributed by atoms with E-state index in [0.717, 1.165) is 10.5 Å². The number of amides is 3. The molecule has 0 aliphatic carbocycles. The number of aliphatic hydroxyl groups is 1. The topological polar surface area (TPSA) is 88.1 Å². The summed E-state index contributed by atoms with van der Waals surface area (Å²) in [5.74, 6) is 0.550. The number of nitrogens with one attached hydrogen (secondary N) is 1.